The zero-order chi connectivity index (χ0) is 26.0. The van der Waals surface area contributed by atoms with Crippen LogP contribution in [-0.2, 0) is 11.0 Å². The van der Waals surface area contributed by atoms with Gasteiger partial charge in [0.2, 0.25) is 5.91 Å². The number of thiazole rings is 1. The van der Waals surface area contributed by atoms with E-state index in [0.29, 0.717) is 5.69 Å². The van der Waals surface area contributed by atoms with Crippen LogP contribution in [0.5, 0.6) is 5.75 Å². The van der Waals surface area contributed by atoms with Crippen LogP contribution < -0.4 is 14.5 Å². The van der Waals surface area contributed by atoms with Gasteiger partial charge in [0.25, 0.3) is 5.91 Å². The van der Waals surface area contributed by atoms with E-state index in [1.807, 2.05) is 0 Å². The highest BCUT2D eigenvalue weighted by Gasteiger charge is 2.42. The lowest BCUT2D eigenvalue weighted by Crippen LogP contribution is -2.46. The van der Waals surface area contributed by atoms with Crippen molar-refractivity contribution in [1.82, 2.24) is 9.97 Å². The molecule has 1 saturated heterocycles. The van der Waals surface area contributed by atoms with Crippen LogP contribution in [0.3, 0.4) is 0 Å². The van der Waals surface area contributed by atoms with Gasteiger partial charge in [-0.1, -0.05) is 0 Å². The predicted molar refractivity (Wildman–Crippen MR) is 129 cm³/mol. The number of halogens is 3. The van der Waals surface area contributed by atoms with E-state index >= 15 is 0 Å². The molecule has 1 atom stereocenters. The van der Waals surface area contributed by atoms with Crippen LogP contribution in [-0.4, -0.2) is 40.5 Å². The summed E-state index contributed by atoms with van der Waals surface area (Å²) in [7, 11) is 0. The molecule has 0 aliphatic carbocycles. The van der Waals surface area contributed by atoms with Crippen LogP contribution in [0, 0.1) is 12.3 Å². The summed E-state index contributed by atoms with van der Waals surface area (Å²) in [5.74, 6) is 1.08. The Morgan fingerprint density at radius 1 is 1.28 bits per heavy atom. The molecule has 3 aromatic rings. The lowest BCUT2D eigenvalue weighted by atomic mass is 10.1. The van der Waals surface area contributed by atoms with Crippen LogP contribution in [0.25, 0.3) is 0 Å². The highest BCUT2D eigenvalue weighted by Crippen LogP contribution is 2.38. The summed E-state index contributed by atoms with van der Waals surface area (Å²) in [4.78, 5) is 37.7. The number of terminal acetylenes is 1. The summed E-state index contributed by atoms with van der Waals surface area (Å²) in [6.45, 7) is 3.61. The van der Waals surface area contributed by atoms with Crippen molar-refractivity contribution < 1.29 is 27.5 Å². The molecule has 0 radical (unpaired) electrons. The molecule has 11 heteroatoms. The third kappa shape index (κ3) is 5.18. The molecule has 36 heavy (non-hydrogen) atoms. The SMILES string of the molecule is C#Cc1nc(C(=O)N(c2cc(OC(C)C)cc(C(F)(F)F)c2)C2CCN(c3ccncc3)C2=O)cs1. The fourth-order valence-electron chi connectivity index (χ4n) is 3.91. The zero-order valence-corrected chi connectivity index (χ0v) is 20.1. The van der Waals surface area contributed by atoms with Crippen molar-refractivity contribution in [3.05, 3.63) is 64.4 Å². The third-order valence-electron chi connectivity index (χ3n) is 5.40. The van der Waals surface area contributed by atoms with Crippen LogP contribution in [0.15, 0.2) is 48.1 Å². The third-order valence-corrected chi connectivity index (χ3v) is 6.17. The Morgan fingerprint density at radius 3 is 2.61 bits per heavy atom. The number of rotatable bonds is 6. The number of amides is 2. The molecule has 3 heterocycles. The van der Waals surface area contributed by atoms with Crippen molar-refractivity contribution >= 4 is 34.5 Å². The van der Waals surface area contributed by atoms with Gasteiger partial charge in [-0.25, -0.2) is 4.98 Å². The molecule has 1 aliphatic heterocycles. The first-order valence-corrected chi connectivity index (χ1v) is 11.8. The highest BCUT2D eigenvalue weighted by molar-refractivity contribution is 7.10. The molecule has 0 N–H and O–H groups in total. The molecule has 1 unspecified atom stereocenters. The van der Waals surface area contributed by atoms with Gasteiger partial charge < -0.3 is 9.64 Å². The normalized spacial score (nSPS) is 15.8. The van der Waals surface area contributed by atoms with Gasteiger partial charge in [0.15, 0.2) is 5.01 Å². The topological polar surface area (TPSA) is 75.6 Å². The zero-order valence-electron chi connectivity index (χ0n) is 19.3. The number of carbonyl (C=O) groups excluding carboxylic acids is 2. The Bertz CT molecular complexity index is 1320. The maximum Gasteiger partial charge on any atom is 0.416 e. The minimum absolute atomic E-state index is 0.0631. The van der Waals surface area contributed by atoms with Crippen molar-refractivity contribution in [1.29, 1.82) is 0 Å². The first-order valence-electron chi connectivity index (χ1n) is 10.9. The van der Waals surface area contributed by atoms with E-state index in [-0.39, 0.29) is 35.1 Å². The van der Waals surface area contributed by atoms with E-state index < -0.39 is 35.7 Å². The summed E-state index contributed by atoms with van der Waals surface area (Å²) >= 11 is 1.05. The summed E-state index contributed by atoms with van der Waals surface area (Å²) in [6.07, 6.45) is 3.49. The standard InChI is InChI=1S/C25H21F3N4O3S/c1-4-22-30-20(14-36-22)23(33)32(21-7-10-31(24(21)34)17-5-8-29-9-6-17)18-11-16(25(26,27)28)12-19(13-18)35-15(2)3/h1,5-6,8-9,11-15,21H,7,10H2,2-3H3. The summed E-state index contributed by atoms with van der Waals surface area (Å²) < 4.78 is 46.9. The number of ether oxygens (including phenoxy) is 1. The summed E-state index contributed by atoms with van der Waals surface area (Å²) in [6, 6.07) is 5.24. The van der Waals surface area contributed by atoms with Gasteiger partial charge in [0.05, 0.1) is 11.7 Å². The molecule has 1 aliphatic rings. The van der Waals surface area contributed by atoms with E-state index in [9.17, 15) is 22.8 Å². The van der Waals surface area contributed by atoms with Gasteiger partial charge in [0.1, 0.15) is 17.5 Å². The monoisotopic (exact) mass is 514 g/mol. The molecule has 4 rings (SSSR count). The Hall–Kier alpha value is -3.91. The molecule has 1 fully saturated rings. The van der Waals surface area contributed by atoms with Gasteiger partial charge in [-0.2, -0.15) is 13.2 Å². The quantitative estimate of drug-likeness (QED) is 0.443. The Morgan fingerprint density at radius 2 is 2.00 bits per heavy atom. The second-order valence-corrected chi connectivity index (χ2v) is 9.10. The van der Waals surface area contributed by atoms with Crippen molar-refractivity contribution in [2.45, 2.75) is 38.6 Å². The number of anilines is 2. The van der Waals surface area contributed by atoms with Crippen molar-refractivity contribution in [3.8, 4) is 18.1 Å². The summed E-state index contributed by atoms with van der Waals surface area (Å²) in [5.41, 5.74) is -0.629. The molecule has 0 bridgehead atoms. The van der Waals surface area contributed by atoms with Crippen molar-refractivity contribution in [2.75, 3.05) is 16.3 Å². The first kappa shape index (κ1) is 25.2. The van der Waals surface area contributed by atoms with Gasteiger partial charge in [-0.15, -0.1) is 17.8 Å². The van der Waals surface area contributed by atoms with Gasteiger partial charge in [-0.3, -0.25) is 19.5 Å². The fraction of sp³-hybridized carbons (Fsp3) is 0.280. The highest BCUT2D eigenvalue weighted by atomic mass is 32.1. The second-order valence-electron chi connectivity index (χ2n) is 8.24. The van der Waals surface area contributed by atoms with E-state index in [1.165, 1.54) is 28.7 Å². The van der Waals surface area contributed by atoms with E-state index in [4.69, 9.17) is 11.2 Å². The molecular weight excluding hydrogens is 493 g/mol. The number of hydrogen-bond donors (Lipinski definition) is 0. The number of alkyl halides is 3. The number of pyridine rings is 1. The summed E-state index contributed by atoms with van der Waals surface area (Å²) in [5, 5.41) is 1.66. The van der Waals surface area contributed by atoms with Gasteiger partial charge in [-0.05, 0) is 50.5 Å². The van der Waals surface area contributed by atoms with Gasteiger partial charge in [0, 0.05) is 41.8 Å². The van der Waals surface area contributed by atoms with Crippen molar-refractivity contribution in [2.24, 2.45) is 0 Å². The molecule has 2 aromatic heterocycles. The largest absolute Gasteiger partial charge is 0.491 e. The minimum Gasteiger partial charge on any atom is -0.491 e. The fourth-order valence-corrected chi connectivity index (χ4v) is 4.51. The molecule has 2 amide bonds. The first-order chi connectivity index (χ1) is 17.1. The number of nitrogens with zero attached hydrogens (tertiary/aromatic N) is 4. The lowest BCUT2D eigenvalue weighted by molar-refractivity contribution is -0.137. The number of aromatic nitrogens is 2. The average Bonchev–Trinajstić information content (AvgIpc) is 3.46. The molecular formula is C25H21F3N4O3S. The minimum atomic E-state index is -4.71. The Balaban J connectivity index is 1.82. The smallest absolute Gasteiger partial charge is 0.416 e. The number of benzene rings is 1. The number of hydrogen-bond acceptors (Lipinski definition) is 6. The van der Waals surface area contributed by atoms with Crippen molar-refractivity contribution in [3.63, 3.8) is 0 Å². The molecule has 1 aromatic carbocycles. The molecule has 0 spiro atoms. The van der Waals surface area contributed by atoms with Crippen LogP contribution in [0.4, 0.5) is 24.5 Å². The predicted octanol–water partition coefficient (Wildman–Crippen LogP) is 4.78. The maximum absolute atomic E-state index is 13.8. The Kier molecular flexibility index (Phi) is 6.99. The Labute approximate surface area is 209 Å². The van der Waals surface area contributed by atoms with Crippen LogP contribution >= 0.6 is 11.3 Å². The second kappa shape index (κ2) is 9.99. The van der Waals surface area contributed by atoms with Crippen LogP contribution in [0.1, 0.15) is 41.3 Å². The average molecular weight is 515 g/mol. The molecule has 0 saturated carbocycles. The number of carbonyl (C=O) groups is 2. The molecule has 186 valence electrons. The maximum atomic E-state index is 13.8. The van der Waals surface area contributed by atoms with E-state index in [1.54, 1.807) is 26.0 Å². The van der Waals surface area contributed by atoms with E-state index in [2.05, 4.69) is 15.9 Å². The molecule has 7 nitrogen and oxygen atoms in total. The van der Waals surface area contributed by atoms with Crippen LogP contribution in [0.2, 0.25) is 0 Å². The lowest BCUT2D eigenvalue weighted by Gasteiger charge is -2.29. The van der Waals surface area contributed by atoms with E-state index in [0.717, 1.165) is 28.4 Å². The van der Waals surface area contributed by atoms with Gasteiger partial charge >= 0.3 is 6.18 Å².